The lowest BCUT2D eigenvalue weighted by molar-refractivity contribution is 0.0789. The quantitative estimate of drug-likeness (QED) is 0.777. The van der Waals surface area contributed by atoms with E-state index in [0.717, 1.165) is 0 Å². The summed E-state index contributed by atoms with van der Waals surface area (Å²) in [7, 11) is 0. The first-order valence-corrected chi connectivity index (χ1v) is 6.81. The second kappa shape index (κ2) is 5.69. The molecule has 0 amide bonds. The van der Waals surface area contributed by atoms with Crippen molar-refractivity contribution in [2.45, 2.75) is 12.0 Å². The van der Waals surface area contributed by atoms with Crippen molar-refractivity contribution in [3.05, 3.63) is 89.5 Å². The van der Waals surface area contributed by atoms with Gasteiger partial charge in [0.2, 0.25) is 0 Å². The van der Waals surface area contributed by atoms with Gasteiger partial charge in [0.25, 0.3) is 0 Å². The summed E-state index contributed by atoms with van der Waals surface area (Å²) in [5.41, 5.74) is -0.409. The Kier molecular flexibility index (Phi) is 3.73. The summed E-state index contributed by atoms with van der Waals surface area (Å²) in [5.74, 6) is -0.192. The average molecular weight is 300 g/mol. The standard InChI is InChI=1S/C17H14F2N2O/c18-14-5-1-12(2-6-14)17(22,11-16-20-9-10-21-16)13-3-7-15(19)8-4-13/h1-10,22H,11H2,(H,20,21). The van der Waals surface area contributed by atoms with E-state index in [1.54, 1.807) is 12.4 Å². The zero-order valence-electron chi connectivity index (χ0n) is 11.6. The molecule has 1 aromatic heterocycles. The van der Waals surface area contributed by atoms with Gasteiger partial charge in [0.1, 0.15) is 23.1 Å². The zero-order chi connectivity index (χ0) is 15.6. The second-order valence-corrected chi connectivity index (χ2v) is 5.09. The van der Waals surface area contributed by atoms with Crippen molar-refractivity contribution in [1.29, 1.82) is 0 Å². The van der Waals surface area contributed by atoms with Crippen LogP contribution in [0.1, 0.15) is 17.0 Å². The maximum absolute atomic E-state index is 13.2. The Morgan fingerprint density at radius 1 is 0.909 bits per heavy atom. The van der Waals surface area contributed by atoms with Gasteiger partial charge in [0, 0.05) is 18.8 Å². The lowest BCUT2D eigenvalue weighted by Crippen LogP contribution is -2.30. The summed E-state index contributed by atoms with van der Waals surface area (Å²) in [6.07, 6.45) is 3.41. The first kappa shape index (κ1) is 14.4. The smallest absolute Gasteiger partial charge is 0.123 e. The van der Waals surface area contributed by atoms with E-state index in [4.69, 9.17) is 0 Å². The van der Waals surface area contributed by atoms with Crippen molar-refractivity contribution in [2.24, 2.45) is 0 Å². The molecule has 0 aliphatic rings. The highest BCUT2D eigenvalue weighted by atomic mass is 19.1. The highest BCUT2D eigenvalue weighted by molar-refractivity contribution is 5.37. The number of H-pyrrole nitrogens is 1. The molecular weight excluding hydrogens is 286 g/mol. The summed E-state index contributed by atoms with van der Waals surface area (Å²) >= 11 is 0. The summed E-state index contributed by atoms with van der Waals surface area (Å²) in [6, 6.07) is 11.2. The Morgan fingerprint density at radius 3 is 1.82 bits per heavy atom. The zero-order valence-corrected chi connectivity index (χ0v) is 11.6. The number of imidazole rings is 1. The highest BCUT2D eigenvalue weighted by Gasteiger charge is 2.33. The van der Waals surface area contributed by atoms with E-state index in [9.17, 15) is 13.9 Å². The van der Waals surface area contributed by atoms with Gasteiger partial charge in [0.05, 0.1) is 0 Å². The molecule has 2 N–H and O–H groups in total. The van der Waals surface area contributed by atoms with Gasteiger partial charge in [-0.2, -0.15) is 0 Å². The fraction of sp³-hybridized carbons (Fsp3) is 0.118. The van der Waals surface area contributed by atoms with Crippen LogP contribution in [0.15, 0.2) is 60.9 Å². The normalized spacial score (nSPS) is 11.6. The Balaban J connectivity index is 2.08. The molecule has 5 heteroatoms. The lowest BCUT2D eigenvalue weighted by Gasteiger charge is -2.28. The van der Waals surface area contributed by atoms with Crippen LogP contribution in [0.2, 0.25) is 0 Å². The molecule has 0 aliphatic heterocycles. The van der Waals surface area contributed by atoms with Crippen molar-refractivity contribution < 1.29 is 13.9 Å². The molecule has 0 bridgehead atoms. The summed E-state index contributed by atoms with van der Waals surface area (Å²) < 4.78 is 26.3. The van der Waals surface area contributed by atoms with Crippen LogP contribution in [0, 0.1) is 11.6 Å². The van der Waals surface area contributed by atoms with Gasteiger partial charge in [-0.25, -0.2) is 13.8 Å². The second-order valence-electron chi connectivity index (χ2n) is 5.09. The molecule has 2 aromatic carbocycles. The summed E-state index contributed by atoms with van der Waals surface area (Å²) in [5, 5.41) is 11.2. The molecule has 3 aromatic rings. The highest BCUT2D eigenvalue weighted by Crippen LogP contribution is 2.32. The maximum atomic E-state index is 13.2. The van der Waals surface area contributed by atoms with Gasteiger partial charge in [-0.3, -0.25) is 0 Å². The van der Waals surface area contributed by atoms with E-state index in [2.05, 4.69) is 9.97 Å². The van der Waals surface area contributed by atoms with Crippen LogP contribution in [-0.4, -0.2) is 15.1 Å². The summed E-state index contributed by atoms with van der Waals surface area (Å²) in [4.78, 5) is 7.06. The Morgan fingerprint density at radius 2 is 1.41 bits per heavy atom. The van der Waals surface area contributed by atoms with Crippen molar-refractivity contribution in [3.63, 3.8) is 0 Å². The molecule has 3 rings (SSSR count). The third-order valence-electron chi connectivity index (χ3n) is 3.62. The first-order chi connectivity index (χ1) is 10.6. The van der Waals surface area contributed by atoms with Gasteiger partial charge in [0.15, 0.2) is 0 Å². The minimum atomic E-state index is -1.43. The SMILES string of the molecule is OC(Cc1ncc[nH]1)(c1ccc(F)cc1)c1ccc(F)cc1. The number of aromatic amines is 1. The predicted octanol–water partition coefficient (Wildman–Crippen LogP) is 3.17. The topological polar surface area (TPSA) is 48.9 Å². The van der Waals surface area contributed by atoms with Crippen molar-refractivity contribution in [1.82, 2.24) is 9.97 Å². The van der Waals surface area contributed by atoms with Crippen molar-refractivity contribution in [2.75, 3.05) is 0 Å². The molecule has 0 unspecified atom stereocenters. The van der Waals surface area contributed by atoms with Crippen LogP contribution in [0.5, 0.6) is 0 Å². The Labute approximate surface area is 126 Å². The molecule has 0 atom stereocenters. The van der Waals surface area contributed by atoms with Crippen molar-refractivity contribution >= 4 is 0 Å². The van der Waals surface area contributed by atoms with E-state index >= 15 is 0 Å². The maximum Gasteiger partial charge on any atom is 0.123 e. The monoisotopic (exact) mass is 300 g/mol. The molecule has 22 heavy (non-hydrogen) atoms. The molecule has 0 aliphatic carbocycles. The lowest BCUT2D eigenvalue weighted by atomic mass is 9.83. The van der Waals surface area contributed by atoms with Gasteiger partial charge >= 0.3 is 0 Å². The number of halogens is 2. The molecule has 0 saturated carbocycles. The third-order valence-corrected chi connectivity index (χ3v) is 3.62. The third kappa shape index (κ3) is 2.76. The van der Waals surface area contributed by atoms with E-state index in [1.807, 2.05) is 0 Å². The largest absolute Gasteiger partial charge is 0.380 e. The van der Waals surface area contributed by atoms with Crippen LogP contribution in [0.3, 0.4) is 0 Å². The van der Waals surface area contributed by atoms with Gasteiger partial charge < -0.3 is 10.1 Å². The molecule has 0 spiro atoms. The van der Waals surface area contributed by atoms with Crippen LogP contribution >= 0.6 is 0 Å². The minimum Gasteiger partial charge on any atom is -0.380 e. The van der Waals surface area contributed by atoms with E-state index in [0.29, 0.717) is 17.0 Å². The molecule has 112 valence electrons. The molecular formula is C17H14F2N2O. The number of hydrogen-bond acceptors (Lipinski definition) is 2. The summed E-state index contributed by atoms with van der Waals surface area (Å²) in [6.45, 7) is 0. The molecule has 0 fully saturated rings. The van der Waals surface area contributed by atoms with Gasteiger partial charge in [-0.05, 0) is 35.4 Å². The Hall–Kier alpha value is -2.53. The number of benzene rings is 2. The molecule has 0 saturated heterocycles. The number of aromatic nitrogens is 2. The predicted molar refractivity (Wildman–Crippen MR) is 78.1 cm³/mol. The number of hydrogen-bond donors (Lipinski definition) is 2. The fourth-order valence-electron chi connectivity index (χ4n) is 2.46. The van der Waals surface area contributed by atoms with Crippen LogP contribution in [-0.2, 0) is 12.0 Å². The molecule has 3 nitrogen and oxygen atoms in total. The number of nitrogens with one attached hydrogen (secondary N) is 1. The average Bonchev–Trinajstić information content (AvgIpc) is 3.01. The number of rotatable bonds is 4. The van der Waals surface area contributed by atoms with E-state index in [1.165, 1.54) is 48.5 Å². The fourth-order valence-corrected chi connectivity index (χ4v) is 2.46. The molecule has 1 heterocycles. The van der Waals surface area contributed by atoms with Gasteiger partial charge in [-0.1, -0.05) is 24.3 Å². The number of aliphatic hydroxyl groups is 1. The van der Waals surface area contributed by atoms with E-state index in [-0.39, 0.29) is 18.1 Å². The Bertz CT molecular complexity index is 692. The van der Waals surface area contributed by atoms with Gasteiger partial charge in [-0.15, -0.1) is 0 Å². The molecule has 0 radical (unpaired) electrons. The van der Waals surface area contributed by atoms with E-state index < -0.39 is 5.60 Å². The van der Waals surface area contributed by atoms with Crippen LogP contribution in [0.25, 0.3) is 0 Å². The first-order valence-electron chi connectivity index (χ1n) is 6.81. The van der Waals surface area contributed by atoms with Crippen molar-refractivity contribution in [3.8, 4) is 0 Å². The van der Waals surface area contributed by atoms with Crippen LogP contribution < -0.4 is 0 Å². The number of nitrogens with zero attached hydrogens (tertiary/aromatic N) is 1. The van der Waals surface area contributed by atoms with Crippen LogP contribution in [0.4, 0.5) is 8.78 Å². The minimum absolute atomic E-state index is 0.164.